The molecule has 0 spiro atoms. The topological polar surface area (TPSA) is 105 Å². The van der Waals surface area contributed by atoms with Gasteiger partial charge in [-0.2, -0.15) is 0 Å². The number of aromatic nitrogens is 1. The molecule has 0 radical (unpaired) electrons. The molecule has 0 saturated carbocycles. The van der Waals surface area contributed by atoms with Crippen LogP contribution in [-0.2, 0) is 16.0 Å². The fourth-order valence-electron chi connectivity index (χ4n) is 2.39. The SMILES string of the molecule is CCN(CC(N)=O)C(=O)[C@@H](N)Cc1c[nH]c2ccccc12. The van der Waals surface area contributed by atoms with Crippen molar-refractivity contribution in [2.75, 3.05) is 13.1 Å². The van der Waals surface area contributed by atoms with E-state index in [4.69, 9.17) is 11.5 Å². The summed E-state index contributed by atoms with van der Waals surface area (Å²) in [5, 5.41) is 1.05. The number of benzene rings is 1. The second-order valence-corrected chi connectivity index (χ2v) is 4.99. The molecule has 2 rings (SSSR count). The molecule has 0 aliphatic heterocycles. The van der Waals surface area contributed by atoms with Gasteiger partial charge in [0, 0.05) is 23.6 Å². The van der Waals surface area contributed by atoms with Gasteiger partial charge in [-0.15, -0.1) is 0 Å². The lowest BCUT2D eigenvalue weighted by Gasteiger charge is -2.22. The largest absolute Gasteiger partial charge is 0.368 e. The number of nitrogens with two attached hydrogens (primary N) is 2. The average Bonchev–Trinajstić information content (AvgIpc) is 2.87. The lowest BCUT2D eigenvalue weighted by Crippen LogP contribution is -2.47. The van der Waals surface area contributed by atoms with E-state index in [1.165, 1.54) is 4.90 Å². The monoisotopic (exact) mass is 288 g/mol. The van der Waals surface area contributed by atoms with Crippen molar-refractivity contribution < 1.29 is 9.59 Å². The molecule has 21 heavy (non-hydrogen) atoms. The summed E-state index contributed by atoms with van der Waals surface area (Å²) >= 11 is 0. The van der Waals surface area contributed by atoms with Gasteiger partial charge in [-0.3, -0.25) is 9.59 Å². The van der Waals surface area contributed by atoms with E-state index in [9.17, 15) is 9.59 Å². The van der Waals surface area contributed by atoms with Gasteiger partial charge < -0.3 is 21.4 Å². The molecule has 1 aromatic carbocycles. The van der Waals surface area contributed by atoms with E-state index >= 15 is 0 Å². The van der Waals surface area contributed by atoms with Crippen LogP contribution in [0.1, 0.15) is 12.5 Å². The number of carbonyl (C=O) groups is 2. The van der Waals surface area contributed by atoms with Crippen LogP contribution in [0.2, 0.25) is 0 Å². The normalized spacial score (nSPS) is 12.3. The number of hydrogen-bond acceptors (Lipinski definition) is 3. The molecule has 0 aliphatic rings. The second-order valence-electron chi connectivity index (χ2n) is 4.99. The summed E-state index contributed by atoms with van der Waals surface area (Å²) in [6, 6.07) is 7.15. The van der Waals surface area contributed by atoms with E-state index in [0.29, 0.717) is 13.0 Å². The van der Waals surface area contributed by atoms with Gasteiger partial charge >= 0.3 is 0 Å². The number of aromatic amines is 1. The molecule has 0 aliphatic carbocycles. The number of amides is 2. The molecule has 1 atom stereocenters. The van der Waals surface area contributed by atoms with Gasteiger partial charge in [0.05, 0.1) is 12.6 Å². The Labute approximate surface area is 123 Å². The molecule has 6 nitrogen and oxygen atoms in total. The third kappa shape index (κ3) is 3.41. The fourth-order valence-corrected chi connectivity index (χ4v) is 2.39. The van der Waals surface area contributed by atoms with Crippen LogP contribution in [0.4, 0.5) is 0 Å². The third-order valence-electron chi connectivity index (χ3n) is 3.47. The number of primary amides is 1. The van der Waals surface area contributed by atoms with E-state index in [1.807, 2.05) is 30.5 Å². The number of rotatable bonds is 6. The summed E-state index contributed by atoms with van der Waals surface area (Å²) in [5.74, 6) is -0.800. The van der Waals surface area contributed by atoms with E-state index in [-0.39, 0.29) is 12.5 Å². The predicted octanol–water partition coefficient (Wildman–Crippen LogP) is 0.372. The number of para-hydroxylation sites is 1. The zero-order valence-electron chi connectivity index (χ0n) is 12.0. The first-order chi connectivity index (χ1) is 10.0. The Morgan fingerprint density at radius 1 is 1.33 bits per heavy atom. The quantitative estimate of drug-likeness (QED) is 0.715. The smallest absolute Gasteiger partial charge is 0.240 e. The summed E-state index contributed by atoms with van der Waals surface area (Å²) in [7, 11) is 0. The van der Waals surface area contributed by atoms with Gasteiger partial charge in [0.2, 0.25) is 11.8 Å². The van der Waals surface area contributed by atoms with Crippen molar-refractivity contribution in [3.8, 4) is 0 Å². The van der Waals surface area contributed by atoms with Crippen LogP contribution in [0.15, 0.2) is 30.5 Å². The van der Waals surface area contributed by atoms with Crippen molar-refractivity contribution in [2.24, 2.45) is 11.5 Å². The zero-order chi connectivity index (χ0) is 15.4. The Morgan fingerprint density at radius 3 is 2.71 bits per heavy atom. The van der Waals surface area contributed by atoms with Gasteiger partial charge in [0.1, 0.15) is 0 Å². The molecule has 112 valence electrons. The standard InChI is InChI=1S/C15H20N4O2/c1-2-19(9-14(17)20)15(21)12(16)7-10-8-18-13-6-4-3-5-11(10)13/h3-6,8,12,18H,2,7,9,16H2,1H3,(H2,17,20)/t12-/m0/s1. The van der Waals surface area contributed by atoms with Crippen LogP contribution in [0.3, 0.4) is 0 Å². The Hall–Kier alpha value is -2.34. The first-order valence-corrected chi connectivity index (χ1v) is 6.90. The lowest BCUT2D eigenvalue weighted by molar-refractivity contribution is -0.136. The highest BCUT2D eigenvalue weighted by Crippen LogP contribution is 2.19. The van der Waals surface area contributed by atoms with E-state index in [0.717, 1.165) is 16.5 Å². The summed E-state index contributed by atoms with van der Waals surface area (Å²) in [6.07, 6.45) is 2.28. The molecule has 0 saturated heterocycles. The number of likely N-dealkylation sites (N-methyl/N-ethyl adjacent to an activating group) is 1. The summed E-state index contributed by atoms with van der Waals surface area (Å²) in [4.78, 5) is 27.8. The van der Waals surface area contributed by atoms with Crippen LogP contribution in [0, 0.1) is 0 Å². The molecule has 0 fully saturated rings. The molecule has 5 N–H and O–H groups in total. The molecular formula is C15H20N4O2. The van der Waals surface area contributed by atoms with Crippen molar-refractivity contribution in [1.82, 2.24) is 9.88 Å². The average molecular weight is 288 g/mol. The Kier molecular flexibility index (Phi) is 4.59. The predicted molar refractivity (Wildman–Crippen MR) is 81.4 cm³/mol. The molecule has 0 unspecified atom stereocenters. The molecule has 6 heteroatoms. The number of hydrogen-bond donors (Lipinski definition) is 3. The van der Waals surface area contributed by atoms with Crippen molar-refractivity contribution in [3.05, 3.63) is 36.0 Å². The lowest BCUT2D eigenvalue weighted by atomic mass is 10.0. The van der Waals surface area contributed by atoms with Crippen molar-refractivity contribution in [2.45, 2.75) is 19.4 Å². The van der Waals surface area contributed by atoms with Gasteiger partial charge in [-0.05, 0) is 25.0 Å². The first kappa shape index (κ1) is 15.1. The minimum atomic E-state index is -0.691. The highest BCUT2D eigenvalue weighted by atomic mass is 16.2. The molecule has 1 heterocycles. The Bertz CT molecular complexity index is 650. The maximum absolute atomic E-state index is 12.3. The van der Waals surface area contributed by atoms with Crippen LogP contribution in [0.25, 0.3) is 10.9 Å². The molecule has 2 aromatic rings. The molecule has 0 bridgehead atoms. The van der Waals surface area contributed by atoms with Gasteiger partial charge in [0.25, 0.3) is 0 Å². The van der Waals surface area contributed by atoms with Crippen LogP contribution < -0.4 is 11.5 Å². The van der Waals surface area contributed by atoms with Crippen molar-refractivity contribution in [3.63, 3.8) is 0 Å². The highest BCUT2D eigenvalue weighted by molar-refractivity contribution is 5.88. The molecule has 1 aromatic heterocycles. The highest BCUT2D eigenvalue weighted by Gasteiger charge is 2.22. The summed E-state index contributed by atoms with van der Waals surface area (Å²) in [6.45, 7) is 2.10. The molecular weight excluding hydrogens is 268 g/mol. The summed E-state index contributed by atoms with van der Waals surface area (Å²) in [5.41, 5.74) is 13.1. The van der Waals surface area contributed by atoms with Crippen LogP contribution in [-0.4, -0.2) is 40.8 Å². The zero-order valence-corrected chi connectivity index (χ0v) is 12.0. The molecule has 2 amide bonds. The number of carbonyl (C=O) groups excluding carboxylic acids is 2. The van der Waals surface area contributed by atoms with Gasteiger partial charge in [-0.25, -0.2) is 0 Å². The van der Waals surface area contributed by atoms with E-state index in [2.05, 4.69) is 4.98 Å². The maximum Gasteiger partial charge on any atom is 0.240 e. The number of H-pyrrole nitrogens is 1. The van der Waals surface area contributed by atoms with Crippen LogP contribution >= 0.6 is 0 Å². The fraction of sp³-hybridized carbons (Fsp3) is 0.333. The number of nitrogens with one attached hydrogen (secondary N) is 1. The summed E-state index contributed by atoms with van der Waals surface area (Å²) < 4.78 is 0. The van der Waals surface area contributed by atoms with Crippen LogP contribution in [0.5, 0.6) is 0 Å². The van der Waals surface area contributed by atoms with E-state index < -0.39 is 11.9 Å². The first-order valence-electron chi connectivity index (χ1n) is 6.90. The van der Waals surface area contributed by atoms with E-state index in [1.54, 1.807) is 6.92 Å². The third-order valence-corrected chi connectivity index (χ3v) is 3.47. The number of fused-ring (bicyclic) bond motifs is 1. The minimum Gasteiger partial charge on any atom is -0.368 e. The Balaban J connectivity index is 2.11. The number of nitrogens with zero attached hydrogens (tertiary/aromatic N) is 1. The van der Waals surface area contributed by atoms with Crippen molar-refractivity contribution in [1.29, 1.82) is 0 Å². The Morgan fingerprint density at radius 2 is 2.05 bits per heavy atom. The van der Waals surface area contributed by atoms with Gasteiger partial charge in [-0.1, -0.05) is 18.2 Å². The maximum atomic E-state index is 12.3. The van der Waals surface area contributed by atoms with Crippen molar-refractivity contribution >= 4 is 22.7 Å². The van der Waals surface area contributed by atoms with Gasteiger partial charge in [0.15, 0.2) is 0 Å². The minimum absolute atomic E-state index is 0.100. The second kappa shape index (κ2) is 6.41.